The Labute approximate surface area is 103 Å². The molecule has 0 radical (unpaired) electrons. The van der Waals surface area contributed by atoms with Crippen LogP contribution in [0.4, 0.5) is 0 Å². The van der Waals surface area contributed by atoms with Crippen LogP contribution in [0.5, 0.6) is 0 Å². The molecule has 0 fully saturated rings. The van der Waals surface area contributed by atoms with Crippen molar-refractivity contribution in [3.63, 3.8) is 0 Å². The molecule has 0 aliphatic heterocycles. The van der Waals surface area contributed by atoms with Gasteiger partial charge in [-0.1, -0.05) is 11.6 Å². The van der Waals surface area contributed by atoms with Gasteiger partial charge in [0.05, 0.1) is 5.56 Å². The van der Waals surface area contributed by atoms with Crippen molar-refractivity contribution in [1.82, 2.24) is 9.88 Å². The van der Waals surface area contributed by atoms with Crippen LogP contribution in [0.3, 0.4) is 0 Å². The maximum Gasteiger partial charge on any atom is 0.257 e. The number of hydrogen-bond acceptors (Lipinski definition) is 2. The smallest absolute Gasteiger partial charge is 0.257 e. The number of carbonyl (C=O) groups excluding carboxylic acids is 1. The van der Waals surface area contributed by atoms with E-state index in [4.69, 9.17) is 11.6 Å². The molecule has 1 aromatic heterocycles. The van der Waals surface area contributed by atoms with Crippen LogP contribution in [0, 0.1) is 0 Å². The first-order valence-corrected chi connectivity index (χ1v) is 5.87. The quantitative estimate of drug-likeness (QED) is 0.802. The van der Waals surface area contributed by atoms with Crippen molar-refractivity contribution >= 4 is 33.4 Å². The third kappa shape index (κ3) is 2.92. The van der Waals surface area contributed by atoms with E-state index in [0.29, 0.717) is 18.7 Å². The van der Waals surface area contributed by atoms with Gasteiger partial charge in [0.15, 0.2) is 0 Å². The number of amides is 1. The van der Waals surface area contributed by atoms with Crippen LogP contribution in [-0.2, 0) is 0 Å². The molecule has 1 heterocycles. The van der Waals surface area contributed by atoms with E-state index in [2.05, 4.69) is 20.9 Å². The summed E-state index contributed by atoms with van der Waals surface area (Å²) < 4.78 is 0.752. The van der Waals surface area contributed by atoms with Crippen LogP contribution in [-0.4, -0.2) is 28.9 Å². The Morgan fingerprint density at radius 2 is 2.13 bits per heavy atom. The molecule has 15 heavy (non-hydrogen) atoms. The van der Waals surface area contributed by atoms with Gasteiger partial charge in [-0.15, -0.1) is 0 Å². The summed E-state index contributed by atoms with van der Waals surface area (Å²) in [4.78, 5) is 17.6. The average Bonchev–Trinajstić information content (AvgIpc) is 2.23. The predicted octanol–water partition coefficient (Wildman–Crippen LogP) is 2.98. The van der Waals surface area contributed by atoms with Crippen molar-refractivity contribution in [3.05, 3.63) is 27.5 Å². The molecule has 1 aromatic rings. The fraction of sp³-hybridized carbons (Fsp3) is 0.400. The van der Waals surface area contributed by atoms with Gasteiger partial charge in [0.2, 0.25) is 0 Å². The second-order valence-electron chi connectivity index (χ2n) is 2.97. The summed E-state index contributed by atoms with van der Waals surface area (Å²) in [5, 5.41) is 0.245. The maximum atomic E-state index is 12.0. The SMILES string of the molecule is CCN(CC)C(=O)c1cc(Br)cnc1Cl. The van der Waals surface area contributed by atoms with Gasteiger partial charge in [0.25, 0.3) is 5.91 Å². The highest BCUT2D eigenvalue weighted by atomic mass is 79.9. The van der Waals surface area contributed by atoms with E-state index < -0.39 is 0 Å². The third-order valence-electron chi connectivity index (χ3n) is 2.09. The maximum absolute atomic E-state index is 12.0. The Morgan fingerprint density at radius 3 is 2.67 bits per heavy atom. The van der Waals surface area contributed by atoms with E-state index in [9.17, 15) is 4.79 Å². The van der Waals surface area contributed by atoms with Crippen LogP contribution < -0.4 is 0 Å². The number of nitrogens with zero attached hydrogens (tertiary/aromatic N) is 2. The zero-order valence-electron chi connectivity index (χ0n) is 8.63. The number of aromatic nitrogens is 1. The molecular formula is C10H12BrClN2O. The van der Waals surface area contributed by atoms with Gasteiger partial charge in [-0.05, 0) is 35.8 Å². The summed E-state index contributed by atoms with van der Waals surface area (Å²) in [5.74, 6) is -0.0844. The number of rotatable bonds is 3. The molecule has 1 rings (SSSR count). The Morgan fingerprint density at radius 1 is 1.53 bits per heavy atom. The van der Waals surface area contributed by atoms with Gasteiger partial charge in [-0.25, -0.2) is 4.98 Å². The molecule has 0 saturated heterocycles. The van der Waals surface area contributed by atoms with Gasteiger partial charge in [0.1, 0.15) is 5.15 Å². The Hall–Kier alpha value is -0.610. The summed E-state index contributed by atoms with van der Waals surface area (Å²) in [6, 6.07) is 1.69. The van der Waals surface area contributed by atoms with Crippen LogP contribution >= 0.6 is 27.5 Å². The van der Waals surface area contributed by atoms with Gasteiger partial charge in [0, 0.05) is 23.8 Å². The first-order chi connectivity index (χ1) is 7.10. The normalized spacial score (nSPS) is 10.1. The van der Waals surface area contributed by atoms with Crippen LogP contribution in [0.15, 0.2) is 16.7 Å². The first kappa shape index (κ1) is 12.5. The van der Waals surface area contributed by atoms with Gasteiger partial charge in [-0.2, -0.15) is 0 Å². The largest absolute Gasteiger partial charge is 0.339 e. The average molecular weight is 292 g/mol. The Kier molecular flexibility index (Phi) is 4.54. The topological polar surface area (TPSA) is 33.2 Å². The molecule has 1 amide bonds. The molecular weight excluding hydrogens is 279 g/mol. The van der Waals surface area contributed by atoms with E-state index in [1.807, 2.05) is 13.8 Å². The van der Waals surface area contributed by atoms with E-state index in [0.717, 1.165) is 4.47 Å². The predicted molar refractivity (Wildman–Crippen MR) is 64.2 cm³/mol. The lowest BCUT2D eigenvalue weighted by Gasteiger charge is -2.18. The molecule has 3 nitrogen and oxygen atoms in total. The van der Waals surface area contributed by atoms with Gasteiger partial charge >= 0.3 is 0 Å². The standard InChI is InChI=1S/C10H12BrClN2O/c1-3-14(4-2)10(15)8-5-7(11)6-13-9(8)12/h5-6H,3-4H2,1-2H3. The van der Waals surface area contributed by atoms with Crippen molar-refractivity contribution in [3.8, 4) is 0 Å². The number of hydrogen-bond donors (Lipinski definition) is 0. The first-order valence-electron chi connectivity index (χ1n) is 4.70. The fourth-order valence-corrected chi connectivity index (χ4v) is 1.77. The zero-order chi connectivity index (χ0) is 11.4. The lowest BCUT2D eigenvalue weighted by Crippen LogP contribution is -2.30. The minimum absolute atomic E-state index is 0.0844. The molecule has 0 bridgehead atoms. The Bertz CT molecular complexity index is 366. The highest BCUT2D eigenvalue weighted by Crippen LogP contribution is 2.19. The van der Waals surface area contributed by atoms with Crippen LogP contribution in [0.2, 0.25) is 5.15 Å². The number of pyridine rings is 1. The summed E-state index contributed by atoms with van der Waals surface area (Å²) in [6.45, 7) is 5.19. The molecule has 0 N–H and O–H groups in total. The third-order valence-corrected chi connectivity index (χ3v) is 2.82. The molecule has 0 aromatic carbocycles. The van der Waals surface area contributed by atoms with Gasteiger partial charge in [-0.3, -0.25) is 4.79 Å². The Balaban J connectivity index is 3.04. The monoisotopic (exact) mass is 290 g/mol. The number of halogens is 2. The highest BCUT2D eigenvalue weighted by molar-refractivity contribution is 9.10. The number of carbonyl (C=O) groups is 1. The van der Waals surface area contributed by atoms with Crippen molar-refractivity contribution in [2.24, 2.45) is 0 Å². The summed E-state index contributed by atoms with van der Waals surface area (Å²) in [6.07, 6.45) is 1.57. The van der Waals surface area contributed by atoms with Crippen molar-refractivity contribution < 1.29 is 4.79 Å². The summed E-state index contributed by atoms with van der Waals surface area (Å²) >= 11 is 9.14. The molecule has 0 spiro atoms. The van der Waals surface area contributed by atoms with E-state index in [1.165, 1.54) is 0 Å². The molecule has 5 heteroatoms. The van der Waals surface area contributed by atoms with Crippen LogP contribution in [0.25, 0.3) is 0 Å². The van der Waals surface area contributed by atoms with Crippen molar-refractivity contribution in [2.75, 3.05) is 13.1 Å². The minimum atomic E-state index is -0.0844. The second kappa shape index (κ2) is 5.47. The minimum Gasteiger partial charge on any atom is -0.339 e. The molecule has 0 unspecified atom stereocenters. The van der Waals surface area contributed by atoms with Crippen molar-refractivity contribution in [1.29, 1.82) is 0 Å². The van der Waals surface area contributed by atoms with E-state index in [1.54, 1.807) is 17.2 Å². The summed E-state index contributed by atoms with van der Waals surface area (Å²) in [7, 11) is 0. The zero-order valence-corrected chi connectivity index (χ0v) is 11.0. The molecule has 0 atom stereocenters. The molecule has 0 aliphatic carbocycles. The summed E-state index contributed by atoms with van der Waals surface area (Å²) in [5.41, 5.74) is 0.440. The highest BCUT2D eigenvalue weighted by Gasteiger charge is 2.16. The lowest BCUT2D eigenvalue weighted by atomic mass is 10.2. The van der Waals surface area contributed by atoms with Crippen LogP contribution in [0.1, 0.15) is 24.2 Å². The lowest BCUT2D eigenvalue weighted by molar-refractivity contribution is 0.0772. The van der Waals surface area contributed by atoms with E-state index in [-0.39, 0.29) is 11.1 Å². The molecule has 82 valence electrons. The second-order valence-corrected chi connectivity index (χ2v) is 4.24. The fourth-order valence-electron chi connectivity index (χ4n) is 1.25. The van der Waals surface area contributed by atoms with E-state index >= 15 is 0 Å². The van der Waals surface area contributed by atoms with Gasteiger partial charge < -0.3 is 4.90 Å². The van der Waals surface area contributed by atoms with Crippen molar-refractivity contribution in [2.45, 2.75) is 13.8 Å². The molecule has 0 saturated carbocycles. The molecule has 0 aliphatic rings.